The summed E-state index contributed by atoms with van der Waals surface area (Å²) in [7, 11) is 0. The normalized spacial score (nSPS) is 11.9. The van der Waals surface area contributed by atoms with Gasteiger partial charge in [-0.2, -0.15) is 0 Å². The van der Waals surface area contributed by atoms with Gasteiger partial charge in [0.15, 0.2) is 0 Å². The third-order valence-electron chi connectivity index (χ3n) is 2.72. The Labute approximate surface area is 120 Å². The lowest BCUT2D eigenvalue weighted by molar-refractivity contribution is -0.385. The van der Waals surface area contributed by atoms with Gasteiger partial charge in [0.05, 0.1) is 16.0 Å². The number of aliphatic hydroxyl groups is 1. The molecule has 1 N–H and O–H groups in total. The molecule has 0 amide bonds. The van der Waals surface area contributed by atoms with Gasteiger partial charge in [0.2, 0.25) is 5.75 Å². The second-order valence-corrected chi connectivity index (χ2v) is 4.60. The molecule has 2 rings (SSSR count). The van der Waals surface area contributed by atoms with E-state index in [9.17, 15) is 15.2 Å². The summed E-state index contributed by atoms with van der Waals surface area (Å²) in [5.74, 6) is 0.412. The van der Waals surface area contributed by atoms with Gasteiger partial charge in [-0.05, 0) is 30.7 Å². The molecule has 0 aliphatic carbocycles. The van der Waals surface area contributed by atoms with Crippen LogP contribution in [0.2, 0.25) is 5.02 Å². The Bertz CT molecular complexity index is 643. The van der Waals surface area contributed by atoms with Crippen LogP contribution in [0, 0.1) is 10.1 Å². The number of nitro benzene ring substituents is 1. The zero-order valence-electron chi connectivity index (χ0n) is 10.6. The van der Waals surface area contributed by atoms with Crippen LogP contribution >= 0.6 is 11.6 Å². The van der Waals surface area contributed by atoms with Crippen LogP contribution in [0.5, 0.6) is 11.5 Å². The van der Waals surface area contributed by atoms with E-state index >= 15 is 0 Å². The topological polar surface area (TPSA) is 72.6 Å². The first-order valence-corrected chi connectivity index (χ1v) is 6.25. The minimum atomic E-state index is -0.789. The maximum atomic E-state index is 11.1. The third kappa shape index (κ3) is 3.07. The van der Waals surface area contributed by atoms with Crippen molar-refractivity contribution in [1.82, 2.24) is 0 Å². The molecule has 0 radical (unpaired) electrons. The van der Waals surface area contributed by atoms with E-state index in [0.717, 1.165) is 0 Å². The Kier molecular flexibility index (Phi) is 4.22. The molecular weight excluding hydrogens is 282 g/mol. The summed E-state index contributed by atoms with van der Waals surface area (Å²) in [6.07, 6.45) is -0.789. The fraction of sp³-hybridized carbons (Fsp3) is 0.143. The van der Waals surface area contributed by atoms with Crippen LogP contribution in [0.4, 0.5) is 5.69 Å². The molecule has 0 unspecified atom stereocenters. The van der Waals surface area contributed by atoms with Crippen molar-refractivity contribution in [3.05, 3.63) is 63.2 Å². The zero-order chi connectivity index (χ0) is 14.7. The van der Waals surface area contributed by atoms with Crippen LogP contribution in [0.25, 0.3) is 0 Å². The number of halogens is 1. The third-order valence-corrected chi connectivity index (χ3v) is 3.03. The molecular formula is C14H12ClNO4. The number of hydrogen-bond donors (Lipinski definition) is 1. The summed E-state index contributed by atoms with van der Waals surface area (Å²) >= 11 is 5.95. The van der Waals surface area contributed by atoms with E-state index in [1.54, 1.807) is 30.3 Å². The summed E-state index contributed by atoms with van der Waals surface area (Å²) in [5.41, 5.74) is 0.228. The first kappa shape index (κ1) is 14.3. The van der Waals surface area contributed by atoms with Crippen LogP contribution in [0.15, 0.2) is 42.5 Å². The number of rotatable bonds is 4. The van der Waals surface area contributed by atoms with Gasteiger partial charge in [-0.3, -0.25) is 10.1 Å². The highest BCUT2D eigenvalue weighted by Crippen LogP contribution is 2.36. The lowest BCUT2D eigenvalue weighted by Crippen LogP contribution is -1.97. The van der Waals surface area contributed by atoms with E-state index in [0.29, 0.717) is 16.3 Å². The van der Waals surface area contributed by atoms with Gasteiger partial charge in [0.25, 0.3) is 0 Å². The minimum Gasteiger partial charge on any atom is -0.449 e. The van der Waals surface area contributed by atoms with Gasteiger partial charge in [0, 0.05) is 6.07 Å². The summed E-state index contributed by atoms with van der Waals surface area (Å²) in [5, 5.41) is 20.9. The van der Waals surface area contributed by atoms with Gasteiger partial charge < -0.3 is 9.84 Å². The Balaban J connectivity index is 2.41. The number of ether oxygens (including phenoxy) is 1. The van der Waals surface area contributed by atoms with Crippen molar-refractivity contribution < 1.29 is 14.8 Å². The molecule has 0 aliphatic rings. The summed E-state index contributed by atoms with van der Waals surface area (Å²) in [6, 6.07) is 11.0. The Morgan fingerprint density at radius 2 is 1.95 bits per heavy atom. The Hall–Kier alpha value is -2.11. The van der Waals surface area contributed by atoms with Crippen molar-refractivity contribution in [3.63, 3.8) is 0 Å². The molecule has 2 aromatic rings. The zero-order valence-corrected chi connectivity index (χ0v) is 11.4. The lowest BCUT2D eigenvalue weighted by Gasteiger charge is -2.10. The standard InChI is InChI=1S/C14H12ClNO4/c1-9(17)10-6-7-14(12(8-10)16(18)19)20-13-5-3-2-4-11(13)15/h2-9,17H,1H3/t9-/m1/s1. The molecule has 0 saturated carbocycles. The molecule has 0 bridgehead atoms. The first-order valence-electron chi connectivity index (χ1n) is 5.88. The van der Waals surface area contributed by atoms with Gasteiger partial charge >= 0.3 is 5.69 Å². The molecule has 0 heterocycles. The quantitative estimate of drug-likeness (QED) is 0.680. The van der Waals surface area contributed by atoms with E-state index in [1.165, 1.54) is 19.1 Å². The summed E-state index contributed by atoms with van der Waals surface area (Å²) in [6.45, 7) is 1.54. The monoisotopic (exact) mass is 293 g/mol. The molecule has 5 nitrogen and oxygen atoms in total. The molecule has 0 saturated heterocycles. The highest BCUT2D eigenvalue weighted by molar-refractivity contribution is 6.32. The van der Waals surface area contributed by atoms with E-state index in [2.05, 4.69) is 0 Å². The minimum absolute atomic E-state index is 0.0764. The molecule has 20 heavy (non-hydrogen) atoms. The fourth-order valence-corrected chi connectivity index (χ4v) is 1.84. The van der Waals surface area contributed by atoms with E-state index in [4.69, 9.17) is 16.3 Å². The van der Waals surface area contributed by atoms with Crippen LogP contribution in [-0.4, -0.2) is 10.0 Å². The maximum absolute atomic E-state index is 11.1. The number of nitro groups is 1. The highest BCUT2D eigenvalue weighted by Gasteiger charge is 2.18. The number of para-hydroxylation sites is 1. The van der Waals surface area contributed by atoms with Crippen LogP contribution < -0.4 is 4.74 Å². The van der Waals surface area contributed by atoms with Crippen LogP contribution in [0.3, 0.4) is 0 Å². The lowest BCUT2D eigenvalue weighted by atomic mass is 10.1. The Morgan fingerprint density at radius 3 is 2.55 bits per heavy atom. The second-order valence-electron chi connectivity index (χ2n) is 4.19. The Morgan fingerprint density at radius 1 is 1.25 bits per heavy atom. The SMILES string of the molecule is C[C@@H](O)c1ccc(Oc2ccccc2Cl)c([N+](=O)[O-])c1. The van der Waals surface area contributed by atoms with Gasteiger partial charge in [-0.15, -0.1) is 0 Å². The highest BCUT2D eigenvalue weighted by atomic mass is 35.5. The van der Waals surface area contributed by atoms with E-state index in [-0.39, 0.29) is 11.4 Å². The second kappa shape index (κ2) is 5.90. The number of hydrogen-bond acceptors (Lipinski definition) is 4. The van der Waals surface area contributed by atoms with Crippen molar-refractivity contribution in [2.75, 3.05) is 0 Å². The van der Waals surface area contributed by atoms with Crippen molar-refractivity contribution >= 4 is 17.3 Å². The fourth-order valence-electron chi connectivity index (χ4n) is 1.67. The van der Waals surface area contributed by atoms with Crippen molar-refractivity contribution in [3.8, 4) is 11.5 Å². The molecule has 104 valence electrons. The summed E-state index contributed by atoms with van der Waals surface area (Å²) < 4.78 is 5.48. The van der Waals surface area contributed by atoms with Gasteiger partial charge in [-0.25, -0.2) is 0 Å². The molecule has 0 aliphatic heterocycles. The molecule has 6 heteroatoms. The van der Waals surface area contributed by atoms with Gasteiger partial charge in [-0.1, -0.05) is 29.8 Å². The summed E-state index contributed by atoms with van der Waals surface area (Å²) in [4.78, 5) is 10.5. The van der Waals surface area contributed by atoms with Crippen molar-refractivity contribution in [2.45, 2.75) is 13.0 Å². The van der Waals surface area contributed by atoms with Crippen LogP contribution in [-0.2, 0) is 0 Å². The predicted molar refractivity (Wildman–Crippen MR) is 75.3 cm³/mol. The number of nitrogens with zero attached hydrogens (tertiary/aromatic N) is 1. The molecule has 0 fully saturated rings. The average molecular weight is 294 g/mol. The molecule has 2 aromatic carbocycles. The predicted octanol–water partition coefficient (Wildman–Crippen LogP) is 4.09. The largest absolute Gasteiger partial charge is 0.449 e. The average Bonchev–Trinajstić information content (AvgIpc) is 2.41. The molecule has 0 spiro atoms. The number of aliphatic hydroxyl groups excluding tert-OH is 1. The van der Waals surface area contributed by atoms with E-state index < -0.39 is 11.0 Å². The smallest absolute Gasteiger partial charge is 0.311 e. The molecule has 1 atom stereocenters. The van der Waals surface area contributed by atoms with Crippen molar-refractivity contribution in [2.24, 2.45) is 0 Å². The van der Waals surface area contributed by atoms with Crippen molar-refractivity contribution in [1.29, 1.82) is 0 Å². The van der Waals surface area contributed by atoms with Crippen LogP contribution in [0.1, 0.15) is 18.6 Å². The van der Waals surface area contributed by atoms with E-state index in [1.807, 2.05) is 0 Å². The molecule has 0 aromatic heterocycles. The number of benzene rings is 2. The first-order chi connectivity index (χ1) is 9.49. The van der Waals surface area contributed by atoms with Gasteiger partial charge in [0.1, 0.15) is 5.75 Å². The maximum Gasteiger partial charge on any atom is 0.311 e.